The Morgan fingerprint density at radius 3 is 3.00 bits per heavy atom. The molecule has 18 heavy (non-hydrogen) atoms. The molecule has 0 fully saturated rings. The normalized spacial score (nSPS) is 12.7. The summed E-state index contributed by atoms with van der Waals surface area (Å²) in [5.41, 5.74) is 0.470. The maximum atomic E-state index is 13.2. The molecule has 0 aliphatic rings. The maximum absolute atomic E-state index is 13.2. The molecular weight excluding hydrogens is 303 g/mol. The molecule has 0 aliphatic carbocycles. The molecule has 1 atom stereocenters. The van der Waals surface area contributed by atoms with Gasteiger partial charge in [0.15, 0.2) is 0 Å². The summed E-state index contributed by atoms with van der Waals surface area (Å²) in [6.45, 7) is 1.95. The number of rotatable bonds is 4. The first-order valence-corrected chi connectivity index (χ1v) is 6.38. The van der Waals surface area contributed by atoms with Gasteiger partial charge < -0.3 is 9.63 Å². The van der Waals surface area contributed by atoms with Gasteiger partial charge in [0.05, 0.1) is 5.56 Å². The first-order chi connectivity index (χ1) is 8.61. The number of halogens is 2. The Balaban J connectivity index is 2.32. The van der Waals surface area contributed by atoms with Crippen molar-refractivity contribution in [2.24, 2.45) is 0 Å². The minimum absolute atomic E-state index is 0.187. The zero-order valence-electron chi connectivity index (χ0n) is 9.73. The van der Waals surface area contributed by atoms with Crippen molar-refractivity contribution in [1.82, 2.24) is 10.1 Å². The van der Waals surface area contributed by atoms with Gasteiger partial charge in [0.2, 0.25) is 5.82 Å². The minimum atomic E-state index is -0.750. The molecular formula is C12H12BrFN2O2. The number of hydrogen-bond donors (Lipinski definition) is 1. The highest BCUT2D eigenvalue weighted by atomic mass is 79.9. The molecule has 0 saturated heterocycles. The van der Waals surface area contributed by atoms with Crippen molar-refractivity contribution in [3.63, 3.8) is 0 Å². The third-order valence-corrected chi connectivity index (χ3v) is 3.15. The van der Waals surface area contributed by atoms with Crippen LogP contribution >= 0.6 is 15.9 Å². The molecule has 0 bridgehead atoms. The van der Waals surface area contributed by atoms with Crippen LogP contribution in [0.25, 0.3) is 11.5 Å². The molecule has 1 heterocycles. The van der Waals surface area contributed by atoms with Crippen molar-refractivity contribution in [3.05, 3.63) is 34.3 Å². The van der Waals surface area contributed by atoms with Crippen LogP contribution in [-0.4, -0.2) is 15.2 Å². The van der Waals surface area contributed by atoms with Crippen molar-refractivity contribution in [3.8, 4) is 11.5 Å². The highest BCUT2D eigenvalue weighted by molar-refractivity contribution is 9.10. The van der Waals surface area contributed by atoms with Gasteiger partial charge in [-0.1, -0.05) is 18.5 Å². The quantitative estimate of drug-likeness (QED) is 0.938. The van der Waals surface area contributed by atoms with Crippen LogP contribution in [0.4, 0.5) is 4.39 Å². The van der Waals surface area contributed by atoms with Crippen molar-refractivity contribution in [1.29, 1.82) is 0 Å². The summed E-state index contributed by atoms with van der Waals surface area (Å²) in [7, 11) is 0. The zero-order chi connectivity index (χ0) is 13.1. The Hall–Kier alpha value is -1.27. The van der Waals surface area contributed by atoms with E-state index < -0.39 is 6.10 Å². The van der Waals surface area contributed by atoms with Crippen molar-refractivity contribution >= 4 is 15.9 Å². The highest BCUT2D eigenvalue weighted by Crippen LogP contribution is 2.28. The summed E-state index contributed by atoms with van der Waals surface area (Å²) < 4.78 is 18.9. The minimum Gasteiger partial charge on any atom is -0.385 e. The lowest BCUT2D eigenvalue weighted by molar-refractivity contribution is 0.153. The fraction of sp³-hybridized carbons (Fsp3) is 0.333. The van der Waals surface area contributed by atoms with Crippen molar-refractivity contribution < 1.29 is 14.0 Å². The number of nitrogens with zero attached hydrogens (tertiary/aromatic N) is 2. The molecule has 0 saturated carbocycles. The van der Waals surface area contributed by atoms with E-state index in [9.17, 15) is 9.50 Å². The zero-order valence-corrected chi connectivity index (χ0v) is 11.3. The van der Waals surface area contributed by atoms with Crippen LogP contribution in [0.3, 0.4) is 0 Å². The van der Waals surface area contributed by atoms with Gasteiger partial charge in [0.1, 0.15) is 11.9 Å². The van der Waals surface area contributed by atoms with E-state index >= 15 is 0 Å². The van der Waals surface area contributed by atoms with E-state index in [0.29, 0.717) is 16.5 Å². The van der Waals surface area contributed by atoms with E-state index in [0.717, 1.165) is 6.42 Å². The lowest BCUT2D eigenvalue weighted by Crippen LogP contribution is -1.98. The second-order valence-corrected chi connectivity index (χ2v) is 4.74. The van der Waals surface area contributed by atoms with Crippen molar-refractivity contribution in [2.75, 3.05) is 0 Å². The molecule has 1 aromatic carbocycles. The van der Waals surface area contributed by atoms with E-state index in [1.165, 1.54) is 12.1 Å². The molecule has 0 aliphatic heterocycles. The van der Waals surface area contributed by atoms with Gasteiger partial charge in [-0.3, -0.25) is 0 Å². The largest absolute Gasteiger partial charge is 0.385 e. The van der Waals surface area contributed by atoms with Crippen LogP contribution in [0.1, 0.15) is 31.7 Å². The van der Waals surface area contributed by atoms with Crippen LogP contribution < -0.4 is 0 Å². The molecule has 0 radical (unpaired) electrons. The standard InChI is InChI=1S/C12H12BrFN2O2/c1-2-3-10(17)11-15-12(18-16-11)8-6-7(14)4-5-9(8)13/h4-6,10,17H,2-3H2,1H3. The van der Waals surface area contributed by atoms with Gasteiger partial charge in [-0.05, 0) is 40.5 Å². The number of hydrogen-bond acceptors (Lipinski definition) is 4. The van der Waals surface area contributed by atoms with Gasteiger partial charge in [0, 0.05) is 4.47 Å². The van der Waals surface area contributed by atoms with E-state index in [-0.39, 0.29) is 17.5 Å². The van der Waals surface area contributed by atoms with Gasteiger partial charge in [-0.25, -0.2) is 4.39 Å². The SMILES string of the molecule is CCCC(O)c1noc(-c2cc(F)ccc2Br)n1. The number of benzene rings is 1. The van der Waals surface area contributed by atoms with Crippen LogP contribution in [0.5, 0.6) is 0 Å². The Morgan fingerprint density at radius 2 is 2.28 bits per heavy atom. The number of aromatic nitrogens is 2. The highest BCUT2D eigenvalue weighted by Gasteiger charge is 2.17. The van der Waals surface area contributed by atoms with E-state index in [2.05, 4.69) is 26.1 Å². The van der Waals surface area contributed by atoms with Gasteiger partial charge in [-0.15, -0.1) is 0 Å². The predicted molar refractivity (Wildman–Crippen MR) is 67.3 cm³/mol. The van der Waals surface area contributed by atoms with Gasteiger partial charge in [0.25, 0.3) is 5.89 Å². The smallest absolute Gasteiger partial charge is 0.259 e. The van der Waals surface area contributed by atoms with E-state index in [4.69, 9.17) is 4.52 Å². The third kappa shape index (κ3) is 2.76. The Labute approximate surface area is 112 Å². The Bertz CT molecular complexity index is 545. The van der Waals surface area contributed by atoms with Crippen LogP contribution in [0.15, 0.2) is 27.2 Å². The molecule has 1 unspecified atom stereocenters. The Kier molecular flexibility index (Phi) is 4.08. The average Bonchev–Trinajstić information content (AvgIpc) is 2.82. The van der Waals surface area contributed by atoms with Crippen molar-refractivity contribution in [2.45, 2.75) is 25.9 Å². The fourth-order valence-corrected chi connectivity index (χ4v) is 1.96. The van der Waals surface area contributed by atoms with Crippen LogP contribution in [0.2, 0.25) is 0 Å². The first-order valence-electron chi connectivity index (χ1n) is 5.59. The summed E-state index contributed by atoms with van der Waals surface area (Å²) in [5, 5.41) is 13.4. The topological polar surface area (TPSA) is 59.2 Å². The third-order valence-electron chi connectivity index (χ3n) is 2.46. The summed E-state index contributed by atoms with van der Waals surface area (Å²) in [5.74, 6) is 0.0246. The second kappa shape index (κ2) is 5.58. The molecule has 2 rings (SSSR count). The first kappa shape index (κ1) is 13.2. The molecule has 1 N–H and O–H groups in total. The summed E-state index contributed by atoms with van der Waals surface area (Å²) >= 11 is 3.29. The monoisotopic (exact) mass is 314 g/mol. The van der Waals surface area contributed by atoms with Gasteiger partial charge >= 0.3 is 0 Å². The van der Waals surface area contributed by atoms with E-state index in [1.807, 2.05) is 6.92 Å². The van der Waals surface area contributed by atoms with Crippen LogP contribution in [-0.2, 0) is 0 Å². The molecule has 6 heteroatoms. The molecule has 4 nitrogen and oxygen atoms in total. The van der Waals surface area contributed by atoms with Crippen LogP contribution in [0, 0.1) is 5.82 Å². The predicted octanol–water partition coefficient (Wildman–Crippen LogP) is 3.47. The summed E-state index contributed by atoms with van der Waals surface area (Å²) in [6, 6.07) is 4.20. The molecule has 0 amide bonds. The number of aliphatic hydroxyl groups is 1. The molecule has 96 valence electrons. The molecule has 1 aromatic heterocycles. The second-order valence-electron chi connectivity index (χ2n) is 3.89. The summed E-state index contributed by atoms with van der Waals surface area (Å²) in [4.78, 5) is 4.08. The lowest BCUT2D eigenvalue weighted by Gasteiger charge is -2.01. The molecule has 2 aromatic rings. The maximum Gasteiger partial charge on any atom is 0.259 e. The number of aliphatic hydroxyl groups excluding tert-OH is 1. The lowest BCUT2D eigenvalue weighted by atomic mass is 10.2. The van der Waals surface area contributed by atoms with E-state index in [1.54, 1.807) is 6.07 Å². The Morgan fingerprint density at radius 1 is 1.50 bits per heavy atom. The summed E-state index contributed by atoms with van der Waals surface area (Å²) in [6.07, 6.45) is 0.623. The average molecular weight is 315 g/mol. The van der Waals surface area contributed by atoms with Gasteiger partial charge in [-0.2, -0.15) is 4.98 Å². The fourth-order valence-electron chi connectivity index (χ4n) is 1.54. The molecule has 0 spiro atoms.